The molecule has 0 aromatic heterocycles. The summed E-state index contributed by atoms with van der Waals surface area (Å²) in [6, 6.07) is 0. The summed E-state index contributed by atoms with van der Waals surface area (Å²) in [7, 11) is 0. The summed E-state index contributed by atoms with van der Waals surface area (Å²) in [6.07, 6.45) is -0.985. The summed E-state index contributed by atoms with van der Waals surface area (Å²) < 4.78 is 14.2. The third kappa shape index (κ3) is 4.35. The number of hydrogen-bond acceptors (Lipinski definition) is 1. The molecular weight excluding hydrogens is 92.1 g/mol. The Morgan fingerprint density at radius 3 is 2.50 bits per heavy atom. The molecule has 6 heavy (non-hydrogen) atoms. The molecule has 0 atom stereocenters. The van der Waals surface area contributed by atoms with Crippen molar-refractivity contribution < 1.29 is 2.74 Å². The van der Waals surface area contributed by atoms with Gasteiger partial charge in [-0.2, -0.15) is 11.8 Å². The Bertz CT molecular complexity index is 57.9. The molecule has 0 unspecified atom stereocenters. The summed E-state index contributed by atoms with van der Waals surface area (Å²) >= 11 is 1.64. The van der Waals surface area contributed by atoms with E-state index in [1.807, 2.05) is 6.92 Å². The zero-order chi connectivity index (χ0) is 6.62. The highest BCUT2D eigenvalue weighted by atomic mass is 32.2. The van der Waals surface area contributed by atoms with Crippen LogP contribution in [0.4, 0.5) is 0 Å². The Morgan fingerprint density at radius 1 is 1.67 bits per heavy atom. The first-order valence-corrected chi connectivity index (χ1v) is 3.29. The minimum absolute atomic E-state index is 0.615. The third-order valence-electron chi connectivity index (χ3n) is 0.451. The molecule has 0 bridgehead atoms. The Morgan fingerprint density at radius 2 is 2.33 bits per heavy atom. The van der Waals surface area contributed by atoms with Crippen LogP contribution in [0.3, 0.4) is 0 Å². The molecule has 0 aromatic rings. The van der Waals surface area contributed by atoms with E-state index < -0.39 is 6.37 Å². The van der Waals surface area contributed by atoms with Gasteiger partial charge in [0, 0.05) is 2.74 Å². The van der Waals surface area contributed by atoms with Crippen LogP contribution in [0.25, 0.3) is 0 Å². The second kappa shape index (κ2) is 5.35. The van der Waals surface area contributed by atoms with Gasteiger partial charge >= 0.3 is 0 Å². The summed E-state index contributed by atoms with van der Waals surface area (Å²) in [4.78, 5) is 0. The highest BCUT2D eigenvalue weighted by Crippen LogP contribution is 1.98. The van der Waals surface area contributed by atoms with Crippen LogP contribution in [0.15, 0.2) is 0 Å². The van der Waals surface area contributed by atoms with E-state index in [1.54, 1.807) is 18.7 Å². The monoisotopic (exact) mass is 106 g/mol. The van der Waals surface area contributed by atoms with E-state index in [9.17, 15) is 0 Å². The van der Waals surface area contributed by atoms with Crippen molar-refractivity contribution in [3.63, 3.8) is 0 Å². The topological polar surface area (TPSA) is 0 Å². The van der Waals surface area contributed by atoms with Gasteiger partial charge in [-0.05, 0) is 17.9 Å². The lowest BCUT2D eigenvalue weighted by molar-refractivity contribution is 1.11. The Balaban J connectivity index is 3.11. The Labute approximate surface area is 47.1 Å². The maximum absolute atomic E-state index is 7.08. The number of thioether (sulfide) groups is 1. The normalized spacial score (nSPS) is 16.3. The molecule has 0 saturated heterocycles. The van der Waals surface area contributed by atoms with Crippen LogP contribution in [-0.4, -0.2) is 11.5 Å². The van der Waals surface area contributed by atoms with Crippen LogP contribution in [-0.2, 0) is 0 Å². The highest BCUT2D eigenvalue weighted by Gasteiger charge is 1.74. The summed E-state index contributed by atoms with van der Waals surface area (Å²) in [6.45, 7) is 3.64. The summed E-state index contributed by atoms with van der Waals surface area (Å²) in [5.74, 6) is 1.62. The van der Waals surface area contributed by atoms with Crippen LogP contribution in [0.5, 0.6) is 0 Å². The van der Waals surface area contributed by atoms with E-state index in [0.29, 0.717) is 5.75 Å². The van der Waals surface area contributed by atoms with Gasteiger partial charge in [0.25, 0.3) is 0 Å². The molecule has 0 radical (unpaired) electrons. The molecule has 38 valence electrons. The zero-order valence-corrected chi connectivity index (χ0v) is 5.14. The van der Waals surface area contributed by atoms with Crippen molar-refractivity contribution in [1.29, 1.82) is 0 Å². The first-order chi connectivity index (χ1) is 3.56. The van der Waals surface area contributed by atoms with E-state index in [2.05, 4.69) is 0 Å². The second-order valence-electron chi connectivity index (χ2n) is 0.991. The first-order valence-electron chi connectivity index (χ1n) is 3.14. The van der Waals surface area contributed by atoms with Crippen LogP contribution < -0.4 is 0 Å². The fourth-order valence-corrected chi connectivity index (χ4v) is 0.612. The lowest BCUT2D eigenvalue weighted by Crippen LogP contribution is -1.71. The molecule has 0 aliphatic heterocycles. The average molecular weight is 106 g/mol. The third-order valence-corrected chi connectivity index (χ3v) is 1.35. The minimum atomic E-state index is -0.985. The summed E-state index contributed by atoms with van der Waals surface area (Å²) in [5, 5.41) is 0. The second-order valence-corrected chi connectivity index (χ2v) is 2.26. The van der Waals surface area contributed by atoms with Crippen molar-refractivity contribution in [1.82, 2.24) is 0 Å². The zero-order valence-electron chi connectivity index (χ0n) is 6.32. The fraction of sp³-hybridized carbons (Fsp3) is 1.00. The van der Waals surface area contributed by atoms with E-state index in [-0.39, 0.29) is 0 Å². The van der Waals surface area contributed by atoms with E-state index in [4.69, 9.17) is 2.74 Å². The maximum atomic E-state index is 7.08. The largest absolute Gasteiger partial charge is 0.162 e. The van der Waals surface area contributed by atoms with Gasteiger partial charge in [-0.25, -0.2) is 0 Å². The highest BCUT2D eigenvalue weighted by molar-refractivity contribution is 7.99. The Kier molecular flexibility index (Phi) is 3.00. The van der Waals surface area contributed by atoms with Crippen molar-refractivity contribution in [2.45, 2.75) is 20.2 Å². The molecule has 0 amide bonds. The van der Waals surface area contributed by atoms with Gasteiger partial charge in [-0.3, -0.25) is 0 Å². The molecule has 0 fully saturated rings. The molecule has 1 heteroatoms. The van der Waals surface area contributed by atoms with Crippen molar-refractivity contribution in [3.8, 4) is 0 Å². The maximum Gasteiger partial charge on any atom is 0.0272 e. The SMILES string of the molecule is [2H]C([2H])(C)CSCC. The van der Waals surface area contributed by atoms with E-state index in [1.165, 1.54) is 0 Å². The number of hydrogen-bond donors (Lipinski definition) is 0. The van der Waals surface area contributed by atoms with Crippen molar-refractivity contribution in [2.75, 3.05) is 11.5 Å². The summed E-state index contributed by atoms with van der Waals surface area (Å²) in [5.41, 5.74) is 0. The van der Waals surface area contributed by atoms with Crippen LogP contribution in [0.1, 0.15) is 23.0 Å². The van der Waals surface area contributed by atoms with Gasteiger partial charge in [0.2, 0.25) is 0 Å². The van der Waals surface area contributed by atoms with Crippen LogP contribution in [0, 0.1) is 0 Å². The average Bonchev–Trinajstić information content (AvgIpc) is 1.59. The molecule has 0 rings (SSSR count). The molecule has 0 aliphatic rings. The molecule has 0 aliphatic carbocycles. The van der Waals surface area contributed by atoms with Gasteiger partial charge < -0.3 is 0 Å². The van der Waals surface area contributed by atoms with E-state index >= 15 is 0 Å². The van der Waals surface area contributed by atoms with E-state index in [0.717, 1.165) is 5.75 Å². The quantitative estimate of drug-likeness (QED) is 0.531. The smallest absolute Gasteiger partial charge is 0.0272 e. The van der Waals surface area contributed by atoms with Crippen molar-refractivity contribution in [2.24, 2.45) is 0 Å². The minimum Gasteiger partial charge on any atom is -0.162 e. The molecule has 0 spiro atoms. The molecule has 0 heterocycles. The number of rotatable bonds is 3. The molecule has 0 aromatic carbocycles. The molecule has 0 nitrogen and oxygen atoms in total. The predicted octanol–water partition coefficient (Wildman–Crippen LogP) is 2.15. The van der Waals surface area contributed by atoms with Crippen molar-refractivity contribution >= 4 is 11.8 Å². The van der Waals surface area contributed by atoms with Crippen LogP contribution in [0.2, 0.25) is 0 Å². The Hall–Kier alpha value is 0.350. The lowest BCUT2D eigenvalue weighted by atomic mass is 10.6. The molecule has 0 N–H and O–H groups in total. The van der Waals surface area contributed by atoms with Gasteiger partial charge in [0.1, 0.15) is 0 Å². The van der Waals surface area contributed by atoms with Crippen LogP contribution >= 0.6 is 11.8 Å². The molecular formula is C5H12S. The van der Waals surface area contributed by atoms with Gasteiger partial charge in [0.15, 0.2) is 0 Å². The molecule has 0 saturated carbocycles. The lowest BCUT2D eigenvalue weighted by Gasteiger charge is -1.87. The fourth-order valence-electron chi connectivity index (χ4n) is 0.204. The predicted molar refractivity (Wildman–Crippen MR) is 33.3 cm³/mol. The first kappa shape index (κ1) is 3.36. The van der Waals surface area contributed by atoms with Gasteiger partial charge in [0.05, 0.1) is 0 Å². The van der Waals surface area contributed by atoms with Gasteiger partial charge in [-0.1, -0.05) is 13.8 Å². The van der Waals surface area contributed by atoms with Crippen molar-refractivity contribution in [3.05, 3.63) is 0 Å². The standard InChI is InChI=1S/C5H12S/c1-3-5-6-4-2/h3-5H2,1-2H3/i3D2. The van der Waals surface area contributed by atoms with Gasteiger partial charge in [-0.15, -0.1) is 0 Å².